The van der Waals surface area contributed by atoms with Gasteiger partial charge in [-0.1, -0.05) is 160 Å². The molecule has 0 amide bonds. The van der Waals surface area contributed by atoms with Gasteiger partial charge in [-0.05, 0) is 61.4 Å². The monoisotopic (exact) mass is 619 g/mol. The van der Waals surface area contributed by atoms with E-state index < -0.39 is 16.0 Å². The molecule has 0 aliphatic heterocycles. The Morgan fingerprint density at radius 2 is 0.902 bits per heavy atom. The van der Waals surface area contributed by atoms with Gasteiger partial charge in [-0.25, -0.2) is 0 Å². The molecule has 4 aromatic rings. The van der Waals surface area contributed by atoms with Crippen LogP contribution in [-0.4, -0.2) is 18.3 Å². The number of benzene rings is 4. The van der Waals surface area contributed by atoms with E-state index in [9.17, 15) is 0 Å². The van der Waals surface area contributed by atoms with Crippen molar-refractivity contribution in [2.75, 3.05) is 13.6 Å². The molecule has 2 radical (unpaired) electrons. The van der Waals surface area contributed by atoms with Crippen molar-refractivity contribution >= 4 is 37.2 Å². The molecule has 41 heavy (non-hydrogen) atoms. The van der Waals surface area contributed by atoms with Gasteiger partial charge in [-0.2, -0.15) is 0 Å². The quantitative estimate of drug-likeness (QED) is 0.134. The van der Waals surface area contributed by atoms with Crippen molar-refractivity contribution in [1.29, 1.82) is 0 Å². The maximum atomic E-state index is 2.61. The zero-order valence-electron chi connectivity index (χ0n) is 24.3. The summed E-state index contributed by atoms with van der Waals surface area (Å²) in [6.45, 7) is 1.08. The fourth-order valence-corrected chi connectivity index (χ4v) is 11.0. The summed E-state index contributed by atoms with van der Waals surface area (Å²) in [5.74, 6) is 1.70. The van der Waals surface area contributed by atoms with Crippen LogP contribution in [0.1, 0.15) is 57.8 Å². The minimum absolute atomic E-state index is 0. The Hall–Kier alpha value is -1.78. The number of hydrogen-bond acceptors (Lipinski definition) is 1. The molecule has 214 valence electrons. The molecule has 2 saturated carbocycles. The average Bonchev–Trinajstić information content (AvgIpc) is 3.75. The predicted molar refractivity (Wildman–Crippen MR) is 179 cm³/mol. The molecule has 1 nitrogen and oxygen atoms in total. The van der Waals surface area contributed by atoms with Gasteiger partial charge in [-0.15, -0.1) is 0 Å². The van der Waals surface area contributed by atoms with Crippen molar-refractivity contribution in [3.05, 3.63) is 133 Å². The number of hydrogen-bond donors (Lipinski definition) is 0. The van der Waals surface area contributed by atoms with E-state index in [0.717, 1.165) is 13.0 Å². The third-order valence-corrected chi connectivity index (χ3v) is 13.1. The summed E-state index contributed by atoms with van der Waals surface area (Å²) in [7, 11) is 1.33. The van der Waals surface area contributed by atoms with Gasteiger partial charge in [0.25, 0.3) is 0 Å². The second kappa shape index (κ2) is 17.4. The van der Waals surface area contributed by atoms with Crippen LogP contribution in [-0.2, 0) is 17.1 Å². The van der Waals surface area contributed by atoms with Gasteiger partial charge < -0.3 is 0 Å². The van der Waals surface area contributed by atoms with Crippen molar-refractivity contribution in [1.82, 2.24) is 4.67 Å². The third kappa shape index (κ3) is 9.10. The average molecular weight is 620 g/mol. The maximum absolute atomic E-state index is 2.61. The van der Waals surface area contributed by atoms with Crippen LogP contribution in [0.5, 0.6) is 0 Å². The van der Waals surface area contributed by atoms with Crippen LogP contribution in [0.4, 0.5) is 0 Å². The molecule has 0 spiro atoms. The van der Waals surface area contributed by atoms with Gasteiger partial charge in [0.05, 0.1) is 0 Å². The standard InChI is InChI=1S/C32H33NP2.C5H10.Fe/c1-33(35(30-20-10-4-11-21-30)31-22-12-5-13-23-31)26-25-27-15-14-24-32(27)34(28-16-6-2-7-17-28)29-18-8-3-9-19-29;1-2-4-5-3-1;/h2-13,16-23H,14-15,24-26H2,1H3;1-5H2;. The largest absolute Gasteiger partial charge is 0.278 e. The summed E-state index contributed by atoms with van der Waals surface area (Å²) in [6.07, 6.45) is 12.4. The molecule has 4 heteroatoms. The molecule has 4 aromatic carbocycles. The Bertz CT molecular complexity index is 1150. The second-order valence-corrected chi connectivity index (χ2v) is 15.4. The molecule has 0 heterocycles. The summed E-state index contributed by atoms with van der Waals surface area (Å²) in [5, 5.41) is 5.81. The molecule has 2 aliphatic carbocycles. The van der Waals surface area contributed by atoms with E-state index in [0.29, 0.717) is 0 Å². The summed E-state index contributed by atoms with van der Waals surface area (Å²) < 4.78 is 2.61. The zero-order chi connectivity index (χ0) is 27.4. The van der Waals surface area contributed by atoms with Crippen LogP contribution >= 0.6 is 16.0 Å². The first-order valence-electron chi connectivity index (χ1n) is 15.0. The maximum Gasteiger partial charge on any atom is 0.0278 e. The topological polar surface area (TPSA) is 3.24 Å². The Morgan fingerprint density at radius 3 is 1.32 bits per heavy atom. The summed E-state index contributed by atoms with van der Waals surface area (Å²) in [5.41, 5.74) is 1.72. The molecular weight excluding hydrogens is 576 g/mol. The molecular formula is C37H43FeNP2. The fraction of sp³-hybridized carbons (Fsp3) is 0.297. The van der Waals surface area contributed by atoms with Gasteiger partial charge in [0.2, 0.25) is 0 Å². The smallest absolute Gasteiger partial charge is 0.0278 e. The van der Waals surface area contributed by atoms with Crippen LogP contribution in [0.15, 0.2) is 121 Å². The van der Waals surface area contributed by atoms with Crippen molar-refractivity contribution in [2.24, 2.45) is 0 Å². The third-order valence-electron chi connectivity index (χ3n) is 7.93. The summed E-state index contributed by atoms with van der Waals surface area (Å²) >= 11 is 0. The van der Waals surface area contributed by atoms with Gasteiger partial charge in [0.15, 0.2) is 0 Å². The Morgan fingerprint density at radius 1 is 0.512 bits per heavy atom. The van der Waals surface area contributed by atoms with Gasteiger partial charge >= 0.3 is 0 Å². The molecule has 2 fully saturated rings. The van der Waals surface area contributed by atoms with Gasteiger partial charge in [0.1, 0.15) is 0 Å². The second-order valence-electron chi connectivity index (χ2n) is 10.8. The van der Waals surface area contributed by atoms with E-state index in [1.165, 1.54) is 72.6 Å². The molecule has 0 unspecified atom stereocenters. The SMILES string of the molecule is C1CCCC1.CN(CC[C]1CCC[C]1P(c1ccccc1)c1ccccc1)P(c1ccccc1)c1ccccc1.[Fe]. The van der Waals surface area contributed by atoms with E-state index in [1.54, 1.807) is 11.6 Å². The van der Waals surface area contributed by atoms with E-state index in [-0.39, 0.29) is 17.1 Å². The normalized spacial score (nSPS) is 15.6. The first kappa shape index (κ1) is 32.1. The minimum atomic E-state index is -0.534. The first-order chi connectivity index (χ1) is 19.8. The Balaban J connectivity index is 0.000000584. The van der Waals surface area contributed by atoms with Crippen LogP contribution in [0.25, 0.3) is 0 Å². The molecule has 0 saturated heterocycles. The van der Waals surface area contributed by atoms with Gasteiger partial charge in [0, 0.05) is 37.3 Å². The van der Waals surface area contributed by atoms with Crippen LogP contribution in [0.3, 0.4) is 0 Å². The first-order valence-corrected chi connectivity index (χ1v) is 17.7. The van der Waals surface area contributed by atoms with Crippen molar-refractivity contribution < 1.29 is 17.1 Å². The fourth-order valence-electron chi connectivity index (χ4n) is 5.91. The summed E-state index contributed by atoms with van der Waals surface area (Å²) in [4.78, 5) is 0. The van der Waals surface area contributed by atoms with E-state index in [2.05, 4.69) is 133 Å². The van der Waals surface area contributed by atoms with Crippen molar-refractivity contribution in [3.8, 4) is 0 Å². The van der Waals surface area contributed by atoms with Crippen LogP contribution in [0.2, 0.25) is 0 Å². The predicted octanol–water partition coefficient (Wildman–Crippen LogP) is 8.73. The number of nitrogens with zero attached hydrogens (tertiary/aromatic N) is 1. The minimum Gasteiger partial charge on any atom is -0.278 e. The Kier molecular flexibility index (Phi) is 13.6. The number of rotatable bonds is 9. The Labute approximate surface area is 262 Å². The zero-order valence-corrected chi connectivity index (χ0v) is 27.2. The molecule has 0 atom stereocenters. The van der Waals surface area contributed by atoms with E-state index in [1.807, 2.05) is 0 Å². The molecule has 0 N–H and O–H groups in total. The van der Waals surface area contributed by atoms with E-state index in [4.69, 9.17) is 0 Å². The van der Waals surface area contributed by atoms with Crippen LogP contribution < -0.4 is 21.2 Å². The van der Waals surface area contributed by atoms with Gasteiger partial charge in [-0.3, -0.25) is 4.67 Å². The molecule has 0 bridgehead atoms. The molecule has 6 rings (SSSR count). The summed E-state index contributed by atoms with van der Waals surface area (Å²) in [6, 6.07) is 44.5. The van der Waals surface area contributed by atoms with E-state index >= 15 is 0 Å². The molecule has 2 aliphatic rings. The van der Waals surface area contributed by atoms with Crippen molar-refractivity contribution in [3.63, 3.8) is 0 Å². The van der Waals surface area contributed by atoms with Crippen molar-refractivity contribution in [2.45, 2.75) is 57.8 Å². The molecule has 0 aromatic heterocycles. The van der Waals surface area contributed by atoms with Crippen LogP contribution in [0, 0.1) is 11.6 Å².